The lowest BCUT2D eigenvalue weighted by Crippen LogP contribution is -2.32. The molecule has 0 aliphatic rings. The van der Waals surface area contributed by atoms with Crippen molar-refractivity contribution in [3.63, 3.8) is 0 Å². The van der Waals surface area contributed by atoms with Gasteiger partial charge in [0.15, 0.2) is 6.10 Å². The summed E-state index contributed by atoms with van der Waals surface area (Å²) in [5, 5.41) is 9.01. The van der Waals surface area contributed by atoms with Gasteiger partial charge >= 0.3 is 5.97 Å². The second kappa shape index (κ2) is 10.4. The molecule has 0 aliphatic carbocycles. The fourth-order valence-electron chi connectivity index (χ4n) is 2.78. The van der Waals surface area contributed by atoms with Gasteiger partial charge in [0.1, 0.15) is 0 Å². The zero-order valence-corrected chi connectivity index (χ0v) is 17.3. The molecule has 0 saturated heterocycles. The van der Waals surface area contributed by atoms with Crippen LogP contribution in [-0.2, 0) is 14.3 Å². The van der Waals surface area contributed by atoms with Crippen molar-refractivity contribution in [2.75, 3.05) is 11.9 Å². The number of carbonyl (C=O) groups is 3. The number of hydrogen-bond acceptors (Lipinski definition) is 5. The topological polar surface area (TPSA) is 84.5 Å². The highest BCUT2D eigenvalue weighted by molar-refractivity contribution is 7.08. The third-order valence-corrected chi connectivity index (χ3v) is 5.03. The van der Waals surface area contributed by atoms with E-state index in [0.29, 0.717) is 11.3 Å². The molecule has 1 atom stereocenters. The van der Waals surface area contributed by atoms with Crippen LogP contribution in [-0.4, -0.2) is 30.4 Å². The minimum Gasteiger partial charge on any atom is -0.452 e. The number of amides is 2. The van der Waals surface area contributed by atoms with Gasteiger partial charge < -0.3 is 15.4 Å². The summed E-state index contributed by atoms with van der Waals surface area (Å²) in [5.74, 6) is -1.22. The zero-order chi connectivity index (χ0) is 21.3. The van der Waals surface area contributed by atoms with E-state index < -0.39 is 18.0 Å². The summed E-state index contributed by atoms with van der Waals surface area (Å²) in [4.78, 5) is 36.4. The lowest BCUT2D eigenvalue weighted by atomic mass is 10.0. The maximum absolute atomic E-state index is 12.5. The van der Waals surface area contributed by atoms with Crippen molar-refractivity contribution in [2.24, 2.45) is 0 Å². The summed E-state index contributed by atoms with van der Waals surface area (Å²) >= 11 is 1.42. The van der Waals surface area contributed by atoms with E-state index in [0.717, 1.165) is 11.1 Å². The first-order chi connectivity index (χ1) is 14.5. The van der Waals surface area contributed by atoms with Crippen LogP contribution in [0.15, 0.2) is 71.4 Å². The standard InChI is InChI=1S/C23H22N2O4S/c1-16(29-21(26)11-13-24-23(28)18-12-14-30-15-18)22(27)25-20-10-6-5-9-19(20)17-7-3-2-4-8-17/h2-10,12,14-16H,11,13H2,1H3,(H,24,28)(H,25,27). The van der Waals surface area contributed by atoms with E-state index in [1.807, 2.05) is 48.5 Å². The Kier molecular flexibility index (Phi) is 7.34. The SMILES string of the molecule is CC(OC(=O)CCNC(=O)c1ccsc1)C(=O)Nc1ccccc1-c1ccccc1. The normalized spacial score (nSPS) is 11.4. The molecule has 30 heavy (non-hydrogen) atoms. The maximum Gasteiger partial charge on any atom is 0.308 e. The summed E-state index contributed by atoms with van der Waals surface area (Å²) in [6.45, 7) is 1.65. The molecule has 0 bridgehead atoms. The molecule has 0 radical (unpaired) electrons. The Balaban J connectivity index is 1.50. The van der Waals surface area contributed by atoms with Crippen molar-refractivity contribution in [1.29, 1.82) is 0 Å². The molecule has 0 saturated carbocycles. The summed E-state index contributed by atoms with van der Waals surface area (Å²) in [7, 11) is 0. The molecule has 2 amide bonds. The van der Waals surface area contributed by atoms with Crippen LogP contribution in [0.4, 0.5) is 5.69 Å². The molecular weight excluding hydrogens is 400 g/mol. The molecule has 1 unspecified atom stereocenters. The van der Waals surface area contributed by atoms with Crippen LogP contribution in [0.3, 0.4) is 0 Å². The second-order valence-electron chi connectivity index (χ2n) is 6.55. The Morgan fingerprint density at radius 2 is 1.73 bits per heavy atom. The van der Waals surface area contributed by atoms with Gasteiger partial charge in [-0.15, -0.1) is 0 Å². The van der Waals surface area contributed by atoms with Crippen LogP contribution in [0.2, 0.25) is 0 Å². The molecule has 0 aliphatic heterocycles. The minimum atomic E-state index is -0.964. The van der Waals surface area contributed by atoms with Crippen LogP contribution in [0.25, 0.3) is 11.1 Å². The number of thiophene rings is 1. The van der Waals surface area contributed by atoms with Crippen molar-refractivity contribution in [1.82, 2.24) is 5.32 Å². The van der Waals surface area contributed by atoms with Gasteiger partial charge in [-0.2, -0.15) is 11.3 Å². The van der Waals surface area contributed by atoms with Crippen LogP contribution < -0.4 is 10.6 Å². The van der Waals surface area contributed by atoms with Gasteiger partial charge in [-0.3, -0.25) is 14.4 Å². The molecule has 2 N–H and O–H groups in total. The van der Waals surface area contributed by atoms with Crippen LogP contribution >= 0.6 is 11.3 Å². The first-order valence-corrected chi connectivity index (χ1v) is 10.4. The molecule has 3 aromatic rings. The van der Waals surface area contributed by atoms with Crippen LogP contribution in [0.5, 0.6) is 0 Å². The van der Waals surface area contributed by atoms with Gasteiger partial charge in [0.05, 0.1) is 6.42 Å². The molecule has 0 spiro atoms. The number of rotatable bonds is 8. The number of para-hydroxylation sites is 1. The number of esters is 1. The van der Waals surface area contributed by atoms with Gasteiger partial charge in [-0.1, -0.05) is 48.5 Å². The highest BCUT2D eigenvalue weighted by Gasteiger charge is 2.19. The summed E-state index contributed by atoms with van der Waals surface area (Å²) in [6, 6.07) is 18.8. The van der Waals surface area contributed by atoms with Crippen molar-refractivity contribution in [3.05, 3.63) is 77.0 Å². The molecular formula is C23H22N2O4S. The summed E-state index contributed by atoms with van der Waals surface area (Å²) in [6.07, 6.45) is -0.984. The molecule has 0 fully saturated rings. The van der Waals surface area contributed by atoms with Gasteiger partial charge in [0, 0.05) is 28.7 Å². The molecule has 7 heteroatoms. The number of benzene rings is 2. The summed E-state index contributed by atoms with van der Waals surface area (Å²) in [5.41, 5.74) is 3.04. The number of carbonyl (C=O) groups excluding carboxylic acids is 3. The maximum atomic E-state index is 12.5. The number of anilines is 1. The van der Waals surface area contributed by atoms with Crippen molar-refractivity contribution in [2.45, 2.75) is 19.4 Å². The first-order valence-electron chi connectivity index (χ1n) is 9.50. The predicted molar refractivity (Wildman–Crippen MR) is 117 cm³/mol. The first kappa shape index (κ1) is 21.3. The van der Waals surface area contributed by atoms with E-state index in [4.69, 9.17) is 4.74 Å². The molecule has 154 valence electrons. The van der Waals surface area contributed by atoms with E-state index in [1.165, 1.54) is 18.3 Å². The molecule has 1 heterocycles. The smallest absolute Gasteiger partial charge is 0.308 e. The third kappa shape index (κ3) is 5.78. The zero-order valence-electron chi connectivity index (χ0n) is 16.5. The van der Waals surface area contributed by atoms with Crippen LogP contribution in [0, 0.1) is 0 Å². The lowest BCUT2D eigenvalue weighted by molar-refractivity contribution is -0.153. The second-order valence-corrected chi connectivity index (χ2v) is 7.33. The van der Waals surface area contributed by atoms with Gasteiger partial charge in [0.2, 0.25) is 0 Å². The molecule has 6 nitrogen and oxygen atoms in total. The Hall–Kier alpha value is -3.45. The third-order valence-electron chi connectivity index (χ3n) is 4.35. The van der Waals surface area contributed by atoms with Gasteiger partial charge in [-0.05, 0) is 30.0 Å². The lowest BCUT2D eigenvalue weighted by Gasteiger charge is -2.16. The van der Waals surface area contributed by atoms with E-state index in [1.54, 1.807) is 22.9 Å². The monoisotopic (exact) mass is 422 g/mol. The minimum absolute atomic E-state index is 0.0197. The van der Waals surface area contributed by atoms with Crippen molar-refractivity contribution in [3.8, 4) is 11.1 Å². The van der Waals surface area contributed by atoms with E-state index in [-0.39, 0.29) is 18.9 Å². The highest BCUT2D eigenvalue weighted by Crippen LogP contribution is 2.27. The Morgan fingerprint density at radius 1 is 1.00 bits per heavy atom. The Morgan fingerprint density at radius 3 is 2.47 bits per heavy atom. The molecule has 2 aromatic carbocycles. The van der Waals surface area contributed by atoms with Gasteiger partial charge in [0.25, 0.3) is 11.8 Å². The fraction of sp³-hybridized carbons (Fsp3) is 0.174. The van der Waals surface area contributed by atoms with E-state index in [9.17, 15) is 14.4 Å². The predicted octanol–water partition coefficient (Wildman–Crippen LogP) is 4.11. The number of hydrogen-bond donors (Lipinski definition) is 2. The van der Waals surface area contributed by atoms with Crippen LogP contribution in [0.1, 0.15) is 23.7 Å². The van der Waals surface area contributed by atoms with Gasteiger partial charge in [-0.25, -0.2) is 0 Å². The fourth-order valence-corrected chi connectivity index (χ4v) is 3.42. The van der Waals surface area contributed by atoms with Crippen molar-refractivity contribution < 1.29 is 19.1 Å². The highest BCUT2D eigenvalue weighted by atomic mass is 32.1. The Labute approximate surface area is 178 Å². The molecule has 3 rings (SSSR count). The largest absolute Gasteiger partial charge is 0.452 e. The number of ether oxygens (including phenoxy) is 1. The van der Waals surface area contributed by atoms with E-state index in [2.05, 4.69) is 10.6 Å². The van der Waals surface area contributed by atoms with E-state index >= 15 is 0 Å². The average molecular weight is 423 g/mol. The number of nitrogens with one attached hydrogen (secondary N) is 2. The Bertz CT molecular complexity index is 1000. The summed E-state index contributed by atoms with van der Waals surface area (Å²) < 4.78 is 5.20. The average Bonchev–Trinajstić information content (AvgIpc) is 3.30. The quantitative estimate of drug-likeness (QED) is 0.535. The van der Waals surface area contributed by atoms with Crippen molar-refractivity contribution >= 4 is 34.8 Å². The molecule has 1 aromatic heterocycles.